The second-order valence-electron chi connectivity index (χ2n) is 6.03. The van der Waals surface area contributed by atoms with Crippen molar-refractivity contribution in [2.24, 2.45) is 0 Å². The van der Waals surface area contributed by atoms with E-state index >= 15 is 0 Å². The lowest BCUT2D eigenvalue weighted by Crippen LogP contribution is -2.33. The van der Waals surface area contributed by atoms with Crippen LogP contribution >= 0.6 is 0 Å². The van der Waals surface area contributed by atoms with Gasteiger partial charge in [-0.2, -0.15) is 4.31 Å². The second-order valence-corrected chi connectivity index (χ2v) is 8.03. The SMILES string of the molecule is CC(C)N(C)S(=O)(=O)c1ccc(CNC(=O)c2ccccc2N)cc1. The summed E-state index contributed by atoms with van der Waals surface area (Å²) in [6.07, 6.45) is 0. The summed E-state index contributed by atoms with van der Waals surface area (Å²) in [5.74, 6) is -0.269. The second kappa shape index (κ2) is 7.67. The third-order valence-electron chi connectivity index (χ3n) is 3.99. The Morgan fingerprint density at radius 2 is 1.72 bits per heavy atom. The molecule has 3 N–H and O–H groups in total. The van der Waals surface area contributed by atoms with E-state index in [2.05, 4.69) is 5.32 Å². The Morgan fingerprint density at radius 3 is 2.28 bits per heavy atom. The van der Waals surface area contributed by atoms with Crippen LogP contribution in [0.2, 0.25) is 0 Å². The highest BCUT2D eigenvalue weighted by Gasteiger charge is 2.22. The Morgan fingerprint density at radius 1 is 1.12 bits per heavy atom. The molecule has 134 valence electrons. The average Bonchev–Trinajstić information content (AvgIpc) is 2.59. The predicted octanol–water partition coefficient (Wildman–Crippen LogP) is 2.23. The van der Waals surface area contributed by atoms with Crippen LogP contribution in [0.4, 0.5) is 5.69 Å². The summed E-state index contributed by atoms with van der Waals surface area (Å²) in [6.45, 7) is 3.92. The molecular formula is C18H23N3O3S. The number of carbonyl (C=O) groups is 1. The third-order valence-corrected chi connectivity index (χ3v) is 6.03. The number of hydrogen-bond donors (Lipinski definition) is 2. The van der Waals surface area contributed by atoms with Crippen molar-refractivity contribution in [3.8, 4) is 0 Å². The minimum Gasteiger partial charge on any atom is -0.398 e. The Kier molecular flexibility index (Phi) is 5.81. The molecule has 0 atom stereocenters. The van der Waals surface area contributed by atoms with E-state index in [4.69, 9.17) is 5.73 Å². The quantitative estimate of drug-likeness (QED) is 0.772. The largest absolute Gasteiger partial charge is 0.398 e. The first-order valence-corrected chi connectivity index (χ1v) is 9.37. The molecule has 2 aromatic carbocycles. The van der Waals surface area contributed by atoms with Crippen molar-refractivity contribution in [3.63, 3.8) is 0 Å². The van der Waals surface area contributed by atoms with Crippen LogP contribution in [0.15, 0.2) is 53.4 Å². The molecule has 1 amide bonds. The van der Waals surface area contributed by atoms with E-state index in [1.165, 1.54) is 4.31 Å². The first kappa shape index (κ1) is 19.0. The van der Waals surface area contributed by atoms with Gasteiger partial charge in [-0.25, -0.2) is 8.42 Å². The number of para-hydroxylation sites is 1. The van der Waals surface area contributed by atoms with Crippen molar-refractivity contribution in [2.75, 3.05) is 12.8 Å². The normalized spacial score (nSPS) is 11.7. The highest BCUT2D eigenvalue weighted by atomic mass is 32.2. The molecule has 2 rings (SSSR count). The van der Waals surface area contributed by atoms with Gasteiger partial charge in [-0.3, -0.25) is 4.79 Å². The fourth-order valence-corrected chi connectivity index (χ4v) is 3.57. The van der Waals surface area contributed by atoms with Crippen molar-refractivity contribution in [1.29, 1.82) is 0 Å². The van der Waals surface area contributed by atoms with Crippen molar-refractivity contribution in [2.45, 2.75) is 31.3 Å². The van der Waals surface area contributed by atoms with Gasteiger partial charge in [0.25, 0.3) is 5.91 Å². The molecule has 6 nitrogen and oxygen atoms in total. The highest BCUT2D eigenvalue weighted by molar-refractivity contribution is 7.89. The summed E-state index contributed by atoms with van der Waals surface area (Å²) in [5, 5.41) is 2.78. The summed E-state index contributed by atoms with van der Waals surface area (Å²) in [4.78, 5) is 12.4. The topological polar surface area (TPSA) is 92.5 Å². The molecule has 0 aliphatic heterocycles. The summed E-state index contributed by atoms with van der Waals surface area (Å²) in [7, 11) is -1.95. The average molecular weight is 361 g/mol. The fourth-order valence-electron chi connectivity index (χ4n) is 2.20. The zero-order chi connectivity index (χ0) is 18.6. The predicted molar refractivity (Wildman–Crippen MR) is 98.6 cm³/mol. The van der Waals surface area contributed by atoms with E-state index in [1.807, 2.05) is 13.8 Å². The first-order chi connectivity index (χ1) is 11.7. The van der Waals surface area contributed by atoms with Gasteiger partial charge in [-0.05, 0) is 43.7 Å². The van der Waals surface area contributed by atoms with Gasteiger partial charge in [0.05, 0.1) is 10.5 Å². The van der Waals surface area contributed by atoms with Crippen LogP contribution in [-0.4, -0.2) is 31.7 Å². The van der Waals surface area contributed by atoms with Gasteiger partial charge in [0, 0.05) is 25.3 Å². The molecule has 0 aromatic heterocycles. The molecule has 7 heteroatoms. The lowest BCUT2D eigenvalue weighted by molar-refractivity contribution is 0.0952. The summed E-state index contributed by atoms with van der Waals surface area (Å²) in [6, 6.07) is 13.2. The van der Waals surface area contributed by atoms with Crippen molar-refractivity contribution in [1.82, 2.24) is 9.62 Å². The van der Waals surface area contributed by atoms with E-state index < -0.39 is 10.0 Å². The standard InChI is InChI=1S/C18H23N3O3S/c1-13(2)21(3)25(23,24)15-10-8-14(9-11-15)12-20-18(22)16-6-4-5-7-17(16)19/h4-11,13H,12,19H2,1-3H3,(H,20,22). The van der Waals surface area contributed by atoms with Crippen LogP contribution < -0.4 is 11.1 Å². The molecule has 2 aromatic rings. The number of benzene rings is 2. The minimum atomic E-state index is -3.51. The number of rotatable bonds is 6. The van der Waals surface area contributed by atoms with Gasteiger partial charge >= 0.3 is 0 Å². The molecule has 0 bridgehead atoms. The van der Waals surface area contributed by atoms with Gasteiger partial charge in [-0.1, -0.05) is 24.3 Å². The first-order valence-electron chi connectivity index (χ1n) is 7.93. The van der Waals surface area contributed by atoms with E-state index in [0.29, 0.717) is 11.3 Å². The lowest BCUT2D eigenvalue weighted by Gasteiger charge is -2.21. The Labute approximate surface area is 148 Å². The Bertz CT molecular complexity index is 846. The molecule has 0 fully saturated rings. The number of nitrogens with two attached hydrogens (primary N) is 1. The number of nitrogens with one attached hydrogen (secondary N) is 1. The number of hydrogen-bond acceptors (Lipinski definition) is 4. The highest BCUT2D eigenvalue weighted by Crippen LogP contribution is 2.17. The van der Waals surface area contributed by atoms with Crippen LogP contribution in [0, 0.1) is 0 Å². The number of amides is 1. The van der Waals surface area contributed by atoms with Gasteiger partial charge in [0.2, 0.25) is 10.0 Å². The molecule has 0 spiro atoms. The van der Waals surface area contributed by atoms with E-state index in [1.54, 1.807) is 55.6 Å². The lowest BCUT2D eigenvalue weighted by atomic mass is 10.1. The van der Waals surface area contributed by atoms with Crippen LogP contribution in [0.3, 0.4) is 0 Å². The van der Waals surface area contributed by atoms with Gasteiger partial charge in [0.1, 0.15) is 0 Å². The number of nitrogen functional groups attached to an aromatic ring is 1. The maximum Gasteiger partial charge on any atom is 0.253 e. The molecule has 0 aliphatic rings. The molecule has 0 radical (unpaired) electrons. The van der Waals surface area contributed by atoms with E-state index in [9.17, 15) is 13.2 Å². The summed E-state index contributed by atoms with van der Waals surface area (Å²) >= 11 is 0. The van der Waals surface area contributed by atoms with Crippen LogP contribution in [0.25, 0.3) is 0 Å². The number of nitrogens with zero attached hydrogens (tertiary/aromatic N) is 1. The van der Waals surface area contributed by atoms with Crippen molar-refractivity contribution < 1.29 is 13.2 Å². The Balaban J connectivity index is 2.06. The van der Waals surface area contributed by atoms with Crippen LogP contribution in [0.5, 0.6) is 0 Å². The maximum absolute atomic E-state index is 12.4. The number of anilines is 1. The van der Waals surface area contributed by atoms with Crippen molar-refractivity contribution >= 4 is 21.6 Å². The molecule has 0 heterocycles. The molecule has 25 heavy (non-hydrogen) atoms. The summed E-state index contributed by atoms with van der Waals surface area (Å²) < 4.78 is 26.2. The van der Waals surface area contributed by atoms with E-state index in [-0.39, 0.29) is 23.4 Å². The van der Waals surface area contributed by atoms with Crippen molar-refractivity contribution in [3.05, 3.63) is 59.7 Å². The monoisotopic (exact) mass is 361 g/mol. The van der Waals surface area contributed by atoms with Crippen LogP contribution in [0.1, 0.15) is 29.8 Å². The molecule has 0 unspecified atom stereocenters. The summed E-state index contributed by atoms with van der Waals surface area (Å²) in [5.41, 5.74) is 7.41. The number of carbonyl (C=O) groups excluding carboxylic acids is 1. The van der Waals surface area contributed by atoms with E-state index in [0.717, 1.165) is 5.56 Å². The minimum absolute atomic E-state index is 0.125. The zero-order valence-electron chi connectivity index (χ0n) is 14.6. The molecule has 0 aliphatic carbocycles. The molecule has 0 saturated heterocycles. The smallest absolute Gasteiger partial charge is 0.253 e. The van der Waals surface area contributed by atoms with Gasteiger partial charge < -0.3 is 11.1 Å². The van der Waals surface area contributed by atoms with Gasteiger partial charge in [0.15, 0.2) is 0 Å². The maximum atomic E-state index is 12.4. The Hall–Kier alpha value is -2.38. The van der Waals surface area contributed by atoms with Gasteiger partial charge in [-0.15, -0.1) is 0 Å². The third kappa shape index (κ3) is 4.37. The zero-order valence-corrected chi connectivity index (χ0v) is 15.4. The number of sulfonamides is 1. The molecular weight excluding hydrogens is 338 g/mol. The fraction of sp³-hybridized carbons (Fsp3) is 0.278. The molecule has 0 saturated carbocycles. The van der Waals surface area contributed by atoms with Crippen LogP contribution in [-0.2, 0) is 16.6 Å².